The minimum Gasteiger partial charge on any atom is -0.438 e. The zero-order valence-corrected chi connectivity index (χ0v) is 20.6. The Morgan fingerprint density at radius 2 is 1.77 bits per heavy atom. The Balaban J connectivity index is 1.55. The highest BCUT2D eigenvalue weighted by Crippen LogP contribution is 2.44. The second-order valence-electron chi connectivity index (χ2n) is 9.82. The summed E-state index contributed by atoms with van der Waals surface area (Å²) in [5, 5.41) is 13.9. The first-order valence-corrected chi connectivity index (χ1v) is 11.8. The van der Waals surface area contributed by atoms with Crippen LogP contribution in [0.5, 0.6) is 0 Å². The number of nitrogens with zero attached hydrogens (tertiary/aromatic N) is 4. The molecule has 3 aromatic rings. The van der Waals surface area contributed by atoms with E-state index >= 15 is 0 Å². The third-order valence-corrected chi connectivity index (χ3v) is 6.72. The molecule has 180 valence electrons. The second-order valence-corrected chi connectivity index (χ2v) is 9.82. The SMILES string of the molecule is C[C@@H](c1ccc(-c2ccc(=O)n(C)n2)cc1)N1CC[C@@](CC(C)(C)C#N)(c2ccccc2)OC1=O. The molecule has 0 radical (unpaired) electrons. The van der Waals surface area contributed by atoms with Crippen molar-refractivity contribution in [1.82, 2.24) is 14.7 Å². The lowest BCUT2D eigenvalue weighted by Gasteiger charge is -2.45. The number of amides is 1. The van der Waals surface area contributed by atoms with Crippen LogP contribution >= 0.6 is 0 Å². The van der Waals surface area contributed by atoms with Crippen LogP contribution in [-0.4, -0.2) is 27.3 Å². The van der Waals surface area contributed by atoms with E-state index in [0.717, 1.165) is 16.7 Å². The number of hydrogen-bond donors (Lipinski definition) is 0. The minimum absolute atomic E-state index is 0.160. The molecule has 0 saturated carbocycles. The van der Waals surface area contributed by atoms with Gasteiger partial charge >= 0.3 is 6.09 Å². The zero-order chi connectivity index (χ0) is 25.2. The maximum atomic E-state index is 13.3. The number of ether oxygens (including phenoxy) is 1. The van der Waals surface area contributed by atoms with Gasteiger partial charge in [0.25, 0.3) is 5.56 Å². The fourth-order valence-corrected chi connectivity index (χ4v) is 4.71. The van der Waals surface area contributed by atoms with Crippen LogP contribution < -0.4 is 5.56 Å². The monoisotopic (exact) mass is 470 g/mol. The van der Waals surface area contributed by atoms with Crippen LogP contribution in [0.2, 0.25) is 0 Å². The Labute approximate surface area is 205 Å². The molecule has 0 aliphatic carbocycles. The average Bonchev–Trinajstić information content (AvgIpc) is 2.86. The summed E-state index contributed by atoms with van der Waals surface area (Å²) in [6, 6.07) is 22.9. The number of hydrogen-bond acceptors (Lipinski definition) is 5. The number of carbonyl (C=O) groups is 1. The number of rotatable bonds is 6. The summed E-state index contributed by atoms with van der Waals surface area (Å²) in [5.74, 6) is 0. The van der Waals surface area contributed by atoms with E-state index in [1.54, 1.807) is 18.0 Å². The highest BCUT2D eigenvalue weighted by Gasteiger charge is 2.46. The molecule has 1 aliphatic heterocycles. The predicted octanol–water partition coefficient (Wildman–Crippen LogP) is 5.19. The van der Waals surface area contributed by atoms with E-state index < -0.39 is 11.0 Å². The van der Waals surface area contributed by atoms with Crippen LogP contribution in [-0.2, 0) is 17.4 Å². The molecule has 0 bridgehead atoms. The Hall–Kier alpha value is -3.92. The maximum Gasteiger partial charge on any atom is 0.411 e. The lowest BCUT2D eigenvalue weighted by atomic mass is 9.75. The third kappa shape index (κ3) is 4.97. The van der Waals surface area contributed by atoms with Gasteiger partial charge in [-0.1, -0.05) is 54.6 Å². The summed E-state index contributed by atoms with van der Waals surface area (Å²) < 4.78 is 7.47. The molecule has 2 aromatic carbocycles. The number of cyclic esters (lactones) is 1. The van der Waals surface area contributed by atoms with Crippen molar-refractivity contribution in [3.05, 3.63) is 88.2 Å². The molecule has 2 heterocycles. The summed E-state index contributed by atoms with van der Waals surface area (Å²) in [4.78, 5) is 26.7. The van der Waals surface area contributed by atoms with Crippen molar-refractivity contribution in [3.8, 4) is 17.3 Å². The molecule has 4 rings (SSSR count). The highest BCUT2D eigenvalue weighted by molar-refractivity contribution is 5.70. The van der Waals surface area contributed by atoms with Crippen molar-refractivity contribution in [2.75, 3.05) is 6.54 Å². The van der Waals surface area contributed by atoms with Gasteiger partial charge in [0.15, 0.2) is 0 Å². The minimum atomic E-state index is -0.841. The number of carbonyl (C=O) groups excluding carboxylic acids is 1. The molecule has 7 nitrogen and oxygen atoms in total. The number of nitriles is 1. The standard InChI is InChI=1S/C28H30N4O3/c1-20(21-10-12-22(13-11-21)24-14-15-25(33)31(4)30-24)32-17-16-28(35-26(32)34,18-27(2,3)19-29)23-8-6-5-7-9-23/h5-15,20H,16-18H2,1-4H3/t20-,28+/m0/s1. The van der Waals surface area contributed by atoms with Crippen molar-refractivity contribution in [1.29, 1.82) is 5.26 Å². The Morgan fingerprint density at radius 1 is 1.09 bits per heavy atom. The van der Waals surface area contributed by atoms with Gasteiger partial charge in [-0.25, -0.2) is 9.48 Å². The molecule has 0 N–H and O–H groups in total. The zero-order valence-electron chi connectivity index (χ0n) is 20.6. The van der Waals surface area contributed by atoms with Crippen molar-refractivity contribution >= 4 is 6.09 Å². The van der Waals surface area contributed by atoms with Crippen LogP contribution in [0.4, 0.5) is 4.79 Å². The maximum absolute atomic E-state index is 13.3. The number of aromatic nitrogens is 2. The number of benzene rings is 2. The molecule has 1 amide bonds. The molecule has 35 heavy (non-hydrogen) atoms. The molecular formula is C28H30N4O3. The molecule has 0 unspecified atom stereocenters. The molecule has 1 aliphatic rings. The molecule has 7 heteroatoms. The first-order valence-electron chi connectivity index (χ1n) is 11.8. The largest absolute Gasteiger partial charge is 0.438 e. The van der Waals surface area contributed by atoms with Gasteiger partial charge in [-0.05, 0) is 38.0 Å². The smallest absolute Gasteiger partial charge is 0.411 e. The van der Waals surface area contributed by atoms with E-state index in [0.29, 0.717) is 25.1 Å². The van der Waals surface area contributed by atoms with Crippen LogP contribution in [0.1, 0.15) is 50.8 Å². The van der Waals surface area contributed by atoms with Crippen LogP contribution in [0, 0.1) is 16.7 Å². The summed E-state index contributed by atoms with van der Waals surface area (Å²) >= 11 is 0. The average molecular weight is 471 g/mol. The lowest BCUT2D eigenvalue weighted by molar-refractivity contribution is -0.0770. The van der Waals surface area contributed by atoms with Gasteiger partial charge in [-0.3, -0.25) is 4.79 Å². The molecule has 2 atom stereocenters. The molecule has 1 fully saturated rings. The third-order valence-electron chi connectivity index (χ3n) is 6.72. The summed E-state index contributed by atoms with van der Waals surface area (Å²) in [6.45, 7) is 6.25. The summed E-state index contributed by atoms with van der Waals surface area (Å²) in [6.07, 6.45) is 0.638. The van der Waals surface area contributed by atoms with Crippen LogP contribution in [0.15, 0.2) is 71.5 Å². The van der Waals surface area contributed by atoms with E-state index in [1.165, 1.54) is 10.7 Å². The van der Waals surface area contributed by atoms with Gasteiger partial charge in [-0.2, -0.15) is 10.4 Å². The van der Waals surface area contributed by atoms with E-state index in [2.05, 4.69) is 11.2 Å². The van der Waals surface area contributed by atoms with Crippen LogP contribution in [0.25, 0.3) is 11.3 Å². The Morgan fingerprint density at radius 3 is 2.37 bits per heavy atom. The Kier molecular flexibility index (Phi) is 6.49. The van der Waals surface area contributed by atoms with Gasteiger partial charge in [-0.15, -0.1) is 0 Å². The highest BCUT2D eigenvalue weighted by atomic mass is 16.6. The van der Waals surface area contributed by atoms with Gasteiger partial charge in [0.2, 0.25) is 0 Å². The quantitative estimate of drug-likeness (QED) is 0.495. The van der Waals surface area contributed by atoms with Crippen molar-refractivity contribution in [3.63, 3.8) is 0 Å². The van der Waals surface area contributed by atoms with Gasteiger partial charge in [0.1, 0.15) is 5.60 Å². The van der Waals surface area contributed by atoms with Crippen LogP contribution in [0.3, 0.4) is 0 Å². The Bertz CT molecular complexity index is 1310. The van der Waals surface area contributed by atoms with E-state index in [4.69, 9.17) is 4.74 Å². The van der Waals surface area contributed by atoms with E-state index in [9.17, 15) is 14.9 Å². The van der Waals surface area contributed by atoms with Crippen molar-refractivity contribution in [2.24, 2.45) is 12.5 Å². The second kappa shape index (κ2) is 9.38. The van der Waals surface area contributed by atoms with E-state index in [1.807, 2.05) is 75.4 Å². The molecule has 1 saturated heterocycles. The van der Waals surface area contributed by atoms with Gasteiger partial charge in [0.05, 0.1) is 23.2 Å². The van der Waals surface area contributed by atoms with Gasteiger partial charge in [0, 0.05) is 38.1 Å². The van der Waals surface area contributed by atoms with Crippen molar-refractivity contribution in [2.45, 2.75) is 45.3 Å². The fourth-order valence-electron chi connectivity index (χ4n) is 4.71. The summed E-state index contributed by atoms with van der Waals surface area (Å²) in [7, 11) is 1.62. The van der Waals surface area contributed by atoms with E-state index in [-0.39, 0.29) is 17.7 Å². The van der Waals surface area contributed by atoms with Crippen molar-refractivity contribution < 1.29 is 9.53 Å². The number of aryl methyl sites for hydroxylation is 1. The molecule has 1 aromatic heterocycles. The fraction of sp³-hybridized carbons (Fsp3) is 0.357. The normalized spacial score (nSPS) is 19.1. The topological polar surface area (TPSA) is 88.2 Å². The van der Waals surface area contributed by atoms with Gasteiger partial charge < -0.3 is 9.64 Å². The summed E-state index contributed by atoms with van der Waals surface area (Å²) in [5.41, 5.74) is 1.84. The predicted molar refractivity (Wildman–Crippen MR) is 133 cm³/mol. The molecular weight excluding hydrogens is 440 g/mol. The molecule has 0 spiro atoms. The first-order chi connectivity index (χ1) is 16.6. The lowest BCUT2D eigenvalue weighted by Crippen LogP contribution is -2.50. The first kappa shape index (κ1) is 24.2.